The fourth-order valence-corrected chi connectivity index (χ4v) is 3.76. The number of nitrogens with one attached hydrogen (secondary N) is 1. The van der Waals surface area contributed by atoms with Gasteiger partial charge in [-0.15, -0.1) is 0 Å². The maximum absolute atomic E-state index is 12.8. The second-order valence-corrected chi connectivity index (χ2v) is 7.43. The Morgan fingerprint density at radius 1 is 1.30 bits per heavy atom. The van der Waals surface area contributed by atoms with Crippen molar-refractivity contribution in [3.05, 3.63) is 63.3 Å². The Balaban J connectivity index is 1.64. The van der Waals surface area contributed by atoms with E-state index in [9.17, 15) is 9.59 Å². The van der Waals surface area contributed by atoms with E-state index >= 15 is 0 Å². The van der Waals surface area contributed by atoms with Gasteiger partial charge in [-0.25, -0.2) is 4.98 Å². The van der Waals surface area contributed by atoms with Crippen LogP contribution in [0.25, 0.3) is 0 Å². The SMILES string of the molecule is Cc1nc(C)c(CC(=O)N2CCC[C@@H](N(C)Cc3ccccc3)C2)c(=O)[nH]1. The number of rotatable bonds is 5. The zero-order valence-corrected chi connectivity index (χ0v) is 16.4. The monoisotopic (exact) mass is 368 g/mol. The van der Waals surface area contributed by atoms with Gasteiger partial charge >= 0.3 is 0 Å². The van der Waals surface area contributed by atoms with Crippen LogP contribution in [-0.4, -0.2) is 51.9 Å². The third kappa shape index (κ3) is 4.83. The lowest BCUT2D eigenvalue weighted by molar-refractivity contribution is -0.132. The molecule has 1 N–H and O–H groups in total. The summed E-state index contributed by atoms with van der Waals surface area (Å²) >= 11 is 0. The summed E-state index contributed by atoms with van der Waals surface area (Å²) in [5.41, 5.74) is 2.18. The van der Waals surface area contributed by atoms with Gasteiger partial charge in [0.2, 0.25) is 5.91 Å². The van der Waals surface area contributed by atoms with Gasteiger partial charge in [0.25, 0.3) is 5.56 Å². The minimum Gasteiger partial charge on any atom is -0.341 e. The molecule has 1 amide bonds. The molecule has 0 bridgehead atoms. The molecule has 6 heteroatoms. The second kappa shape index (κ2) is 8.48. The molecule has 1 aromatic heterocycles. The van der Waals surface area contributed by atoms with Crippen LogP contribution < -0.4 is 5.56 Å². The molecule has 2 heterocycles. The number of aromatic nitrogens is 2. The number of benzene rings is 1. The molecule has 1 aliphatic rings. The summed E-state index contributed by atoms with van der Waals surface area (Å²) < 4.78 is 0. The maximum Gasteiger partial charge on any atom is 0.254 e. The first-order valence-electron chi connectivity index (χ1n) is 9.52. The van der Waals surface area contributed by atoms with Crippen molar-refractivity contribution < 1.29 is 4.79 Å². The smallest absolute Gasteiger partial charge is 0.254 e. The van der Waals surface area contributed by atoms with Crippen molar-refractivity contribution in [2.45, 2.75) is 45.7 Å². The lowest BCUT2D eigenvalue weighted by atomic mass is 10.0. The van der Waals surface area contributed by atoms with Gasteiger partial charge < -0.3 is 9.88 Å². The third-order valence-corrected chi connectivity index (χ3v) is 5.32. The Morgan fingerprint density at radius 2 is 2.04 bits per heavy atom. The molecule has 27 heavy (non-hydrogen) atoms. The lowest BCUT2D eigenvalue weighted by Gasteiger charge is -2.37. The van der Waals surface area contributed by atoms with Gasteiger partial charge in [-0.05, 0) is 39.3 Å². The van der Waals surface area contributed by atoms with E-state index in [-0.39, 0.29) is 17.9 Å². The number of amides is 1. The predicted octanol–water partition coefficient (Wildman–Crippen LogP) is 2.05. The number of hydrogen-bond donors (Lipinski definition) is 1. The van der Waals surface area contributed by atoms with Gasteiger partial charge in [-0.1, -0.05) is 30.3 Å². The Labute approximate surface area is 160 Å². The van der Waals surface area contributed by atoms with Crippen molar-refractivity contribution in [2.24, 2.45) is 0 Å². The van der Waals surface area contributed by atoms with Crippen LogP contribution >= 0.6 is 0 Å². The lowest BCUT2D eigenvalue weighted by Crippen LogP contribution is -2.49. The van der Waals surface area contributed by atoms with E-state index in [4.69, 9.17) is 0 Å². The molecule has 1 aliphatic heterocycles. The summed E-state index contributed by atoms with van der Waals surface area (Å²) in [5, 5.41) is 0. The molecule has 144 valence electrons. The van der Waals surface area contributed by atoms with Crippen molar-refractivity contribution in [3.8, 4) is 0 Å². The van der Waals surface area contributed by atoms with Crippen LogP contribution in [0.3, 0.4) is 0 Å². The van der Waals surface area contributed by atoms with Crippen LogP contribution in [0.15, 0.2) is 35.1 Å². The van der Waals surface area contributed by atoms with E-state index in [0.717, 1.165) is 25.9 Å². The van der Waals surface area contributed by atoms with Gasteiger partial charge in [0, 0.05) is 36.9 Å². The highest BCUT2D eigenvalue weighted by atomic mass is 16.2. The van der Waals surface area contributed by atoms with Crippen LogP contribution in [0.2, 0.25) is 0 Å². The van der Waals surface area contributed by atoms with Crippen molar-refractivity contribution in [1.29, 1.82) is 0 Å². The molecule has 1 fully saturated rings. The molecular weight excluding hydrogens is 340 g/mol. The first-order valence-corrected chi connectivity index (χ1v) is 9.52. The van der Waals surface area contributed by atoms with Gasteiger partial charge in [0.15, 0.2) is 0 Å². The molecule has 0 spiro atoms. The van der Waals surface area contributed by atoms with Gasteiger partial charge in [-0.3, -0.25) is 14.5 Å². The van der Waals surface area contributed by atoms with Crippen LogP contribution in [0.1, 0.15) is 35.5 Å². The highest BCUT2D eigenvalue weighted by Gasteiger charge is 2.27. The summed E-state index contributed by atoms with van der Waals surface area (Å²) in [6.07, 6.45) is 2.18. The molecule has 0 aliphatic carbocycles. The molecular formula is C21H28N4O2. The van der Waals surface area contributed by atoms with E-state index in [1.54, 1.807) is 13.8 Å². The number of carbonyl (C=O) groups excluding carboxylic acids is 1. The number of aryl methyl sites for hydroxylation is 2. The number of aromatic amines is 1. The first-order chi connectivity index (χ1) is 12.9. The number of H-pyrrole nitrogens is 1. The van der Waals surface area contributed by atoms with E-state index in [0.29, 0.717) is 29.7 Å². The fourth-order valence-electron chi connectivity index (χ4n) is 3.76. The average Bonchev–Trinajstić information content (AvgIpc) is 2.65. The van der Waals surface area contributed by atoms with Crippen LogP contribution in [0, 0.1) is 13.8 Å². The third-order valence-electron chi connectivity index (χ3n) is 5.32. The zero-order chi connectivity index (χ0) is 19.4. The first kappa shape index (κ1) is 19.3. The Bertz CT molecular complexity index is 847. The van der Waals surface area contributed by atoms with E-state index < -0.39 is 0 Å². The summed E-state index contributed by atoms with van der Waals surface area (Å²) in [4.78, 5) is 36.2. The highest BCUT2D eigenvalue weighted by Crippen LogP contribution is 2.18. The minimum absolute atomic E-state index is 0.00654. The number of nitrogens with zero attached hydrogens (tertiary/aromatic N) is 3. The molecule has 6 nitrogen and oxygen atoms in total. The molecule has 0 radical (unpaired) electrons. The topological polar surface area (TPSA) is 69.3 Å². The quantitative estimate of drug-likeness (QED) is 0.877. The second-order valence-electron chi connectivity index (χ2n) is 7.43. The van der Waals surface area contributed by atoms with Crippen molar-refractivity contribution in [2.75, 3.05) is 20.1 Å². The Kier molecular flexibility index (Phi) is 6.06. The molecule has 2 aromatic rings. The Hall–Kier alpha value is -2.47. The largest absolute Gasteiger partial charge is 0.341 e. The molecule has 1 atom stereocenters. The standard InChI is InChI=1S/C21H28N4O2/c1-15-19(21(27)23-16(2)22-15)12-20(26)25-11-7-10-18(14-25)24(3)13-17-8-5-4-6-9-17/h4-6,8-9,18H,7,10-14H2,1-3H3,(H,22,23,27)/t18-/m1/s1. The normalized spacial score (nSPS) is 17.3. The molecule has 0 unspecified atom stereocenters. The van der Waals surface area contributed by atoms with Crippen molar-refractivity contribution in [3.63, 3.8) is 0 Å². The molecule has 0 saturated carbocycles. The predicted molar refractivity (Wildman–Crippen MR) is 106 cm³/mol. The summed E-state index contributed by atoms with van der Waals surface area (Å²) in [6, 6.07) is 10.7. The maximum atomic E-state index is 12.8. The van der Waals surface area contributed by atoms with Crippen molar-refractivity contribution >= 4 is 5.91 Å². The number of carbonyl (C=O) groups is 1. The molecule has 1 aromatic carbocycles. The summed E-state index contributed by atoms with van der Waals surface area (Å²) in [7, 11) is 2.12. The van der Waals surface area contributed by atoms with Crippen LogP contribution in [0.5, 0.6) is 0 Å². The van der Waals surface area contributed by atoms with E-state index in [1.807, 2.05) is 11.0 Å². The van der Waals surface area contributed by atoms with Gasteiger partial charge in [-0.2, -0.15) is 0 Å². The van der Waals surface area contributed by atoms with E-state index in [2.05, 4.69) is 46.2 Å². The van der Waals surface area contributed by atoms with Crippen LogP contribution in [-0.2, 0) is 17.8 Å². The molecule has 1 saturated heterocycles. The Morgan fingerprint density at radius 3 is 2.74 bits per heavy atom. The van der Waals surface area contributed by atoms with Crippen LogP contribution in [0.4, 0.5) is 0 Å². The average molecular weight is 368 g/mol. The fraction of sp³-hybridized carbons (Fsp3) is 0.476. The minimum atomic E-state index is -0.205. The van der Waals surface area contributed by atoms with Gasteiger partial charge in [0.05, 0.1) is 6.42 Å². The summed E-state index contributed by atoms with van der Waals surface area (Å²) in [5.74, 6) is 0.585. The highest BCUT2D eigenvalue weighted by molar-refractivity contribution is 5.79. The molecule has 3 rings (SSSR count). The summed E-state index contributed by atoms with van der Waals surface area (Å²) in [6.45, 7) is 5.87. The number of hydrogen-bond acceptors (Lipinski definition) is 4. The zero-order valence-electron chi connectivity index (χ0n) is 16.4. The van der Waals surface area contributed by atoms with E-state index in [1.165, 1.54) is 5.56 Å². The van der Waals surface area contributed by atoms with Gasteiger partial charge in [0.1, 0.15) is 5.82 Å². The number of likely N-dealkylation sites (N-methyl/N-ethyl adjacent to an activating group) is 1. The van der Waals surface area contributed by atoms with Crippen molar-refractivity contribution in [1.82, 2.24) is 19.8 Å². The number of piperidine rings is 1. The number of likely N-dealkylation sites (tertiary alicyclic amines) is 1.